The molecule has 0 saturated carbocycles. The van der Waals surface area contributed by atoms with Crippen LogP contribution >= 0.6 is 15.9 Å². The van der Waals surface area contributed by atoms with E-state index < -0.39 is 11.7 Å². The minimum atomic E-state index is -4.42. The fraction of sp³-hybridized carbons (Fsp3) is 0.280. The minimum absolute atomic E-state index is 0.0159. The van der Waals surface area contributed by atoms with Crippen molar-refractivity contribution in [1.29, 1.82) is 0 Å². The molecule has 37 heavy (non-hydrogen) atoms. The maximum Gasteiger partial charge on any atom is 0.416 e. The number of carbonyl (C=O) groups excluding carboxylic acids is 1. The summed E-state index contributed by atoms with van der Waals surface area (Å²) in [5, 5.41) is 10.5. The fourth-order valence-electron chi connectivity index (χ4n) is 4.33. The molecule has 1 aliphatic rings. The largest absolute Gasteiger partial charge is 0.416 e. The van der Waals surface area contributed by atoms with Crippen LogP contribution in [0.3, 0.4) is 0 Å². The van der Waals surface area contributed by atoms with Gasteiger partial charge in [-0.2, -0.15) is 22.8 Å². The van der Waals surface area contributed by atoms with Gasteiger partial charge >= 0.3 is 12.2 Å². The van der Waals surface area contributed by atoms with Gasteiger partial charge in [-0.05, 0) is 64.7 Å². The van der Waals surface area contributed by atoms with E-state index in [1.54, 1.807) is 28.0 Å². The van der Waals surface area contributed by atoms with Crippen LogP contribution in [0.1, 0.15) is 35.6 Å². The molecular weight excluding hydrogens is 551 g/mol. The monoisotopic (exact) mass is 573 g/mol. The average Bonchev–Trinajstić information content (AvgIpc) is 3.28. The molecule has 0 bridgehead atoms. The van der Waals surface area contributed by atoms with Crippen molar-refractivity contribution < 1.29 is 18.0 Å². The van der Waals surface area contributed by atoms with Gasteiger partial charge in [0.15, 0.2) is 5.65 Å². The normalized spacial score (nSPS) is 16.1. The molecule has 1 aromatic carbocycles. The van der Waals surface area contributed by atoms with Gasteiger partial charge in [-0.1, -0.05) is 6.07 Å². The zero-order valence-electron chi connectivity index (χ0n) is 19.5. The van der Waals surface area contributed by atoms with E-state index in [-0.39, 0.29) is 11.9 Å². The van der Waals surface area contributed by atoms with E-state index in [9.17, 15) is 18.0 Å². The topological polar surface area (TPSA) is 87.5 Å². The van der Waals surface area contributed by atoms with Gasteiger partial charge in [0, 0.05) is 49.7 Å². The summed E-state index contributed by atoms with van der Waals surface area (Å²) in [6.45, 7) is 1.54. The molecule has 1 atom stereocenters. The molecule has 12 heteroatoms. The summed E-state index contributed by atoms with van der Waals surface area (Å²) in [7, 11) is 0. The van der Waals surface area contributed by atoms with Crippen molar-refractivity contribution in [1.82, 2.24) is 24.5 Å². The first-order valence-electron chi connectivity index (χ1n) is 11.7. The van der Waals surface area contributed by atoms with Crippen LogP contribution in [0.2, 0.25) is 0 Å². The van der Waals surface area contributed by atoms with Crippen molar-refractivity contribution in [3.05, 3.63) is 82.3 Å². The molecular formula is C25H23BrF3N7O. The lowest BCUT2D eigenvalue weighted by molar-refractivity contribution is -0.137. The van der Waals surface area contributed by atoms with Gasteiger partial charge in [0.1, 0.15) is 5.82 Å². The number of aromatic nitrogens is 4. The van der Waals surface area contributed by atoms with Crippen molar-refractivity contribution in [3.63, 3.8) is 0 Å². The van der Waals surface area contributed by atoms with Crippen molar-refractivity contribution >= 4 is 39.1 Å². The standard InChI is InChI=1S/C25H23BrF3N7O/c26-20-14-32-36-22(31-13-16-3-1-9-30-12-16)11-21(34-23(20)36)17-4-2-10-35(15-17)24(37)33-19-7-5-18(6-8-19)25(27,28)29/h1,3,5-9,11-12,14,17,31H,2,4,10,13,15H2,(H,33,37). The van der Waals surface area contributed by atoms with E-state index in [2.05, 4.69) is 36.6 Å². The van der Waals surface area contributed by atoms with Gasteiger partial charge in [-0.3, -0.25) is 4.98 Å². The molecule has 1 unspecified atom stereocenters. The van der Waals surface area contributed by atoms with Crippen LogP contribution in [0.25, 0.3) is 5.65 Å². The summed E-state index contributed by atoms with van der Waals surface area (Å²) in [5.41, 5.74) is 2.06. The number of hydrogen-bond acceptors (Lipinski definition) is 5. The highest BCUT2D eigenvalue weighted by molar-refractivity contribution is 9.10. The number of fused-ring (bicyclic) bond motifs is 1. The van der Waals surface area contributed by atoms with Crippen LogP contribution in [-0.4, -0.2) is 43.6 Å². The Kier molecular flexibility index (Phi) is 7.00. The number of rotatable bonds is 5. The Labute approximate surface area is 219 Å². The number of nitrogens with one attached hydrogen (secondary N) is 2. The van der Waals surface area contributed by atoms with Crippen LogP contribution in [0.5, 0.6) is 0 Å². The number of benzene rings is 1. The number of piperidine rings is 1. The predicted molar refractivity (Wildman–Crippen MR) is 136 cm³/mol. The van der Waals surface area contributed by atoms with E-state index >= 15 is 0 Å². The van der Waals surface area contributed by atoms with Crippen LogP contribution < -0.4 is 10.6 Å². The summed E-state index contributed by atoms with van der Waals surface area (Å²) in [5.74, 6) is 0.749. The number of anilines is 2. The van der Waals surface area contributed by atoms with E-state index in [1.165, 1.54) is 12.1 Å². The molecule has 2 N–H and O–H groups in total. The smallest absolute Gasteiger partial charge is 0.366 e. The first-order valence-corrected chi connectivity index (χ1v) is 12.5. The summed E-state index contributed by atoms with van der Waals surface area (Å²) in [6.07, 6.45) is 2.40. The Hall–Kier alpha value is -3.67. The quantitative estimate of drug-likeness (QED) is 0.309. The molecule has 1 aliphatic heterocycles. The van der Waals surface area contributed by atoms with Gasteiger partial charge in [-0.15, -0.1) is 0 Å². The Morgan fingerprint density at radius 1 is 1.16 bits per heavy atom. The van der Waals surface area contributed by atoms with Crippen LogP contribution in [0, 0.1) is 0 Å². The zero-order chi connectivity index (χ0) is 26.0. The van der Waals surface area contributed by atoms with Crippen LogP contribution in [-0.2, 0) is 12.7 Å². The third-order valence-electron chi connectivity index (χ3n) is 6.24. The maximum atomic E-state index is 12.9. The van der Waals surface area contributed by atoms with E-state index in [0.717, 1.165) is 46.5 Å². The second kappa shape index (κ2) is 10.4. The van der Waals surface area contributed by atoms with Gasteiger partial charge in [0.25, 0.3) is 0 Å². The van der Waals surface area contributed by atoms with Gasteiger partial charge in [0.2, 0.25) is 0 Å². The predicted octanol–water partition coefficient (Wildman–Crippen LogP) is 5.93. The van der Waals surface area contributed by atoms with Crippen molar-refractivity contribution in [3.8, 4) is 0 Å². The highest BCUT2D eigenvalue weighted by Crippen LogP contribution is 2.31. The second-order valence-corrected chi connectivity index (χ2v) is 9.65. The van der Waals surface area contributed by atoms with E-state index in [4.69, 9.17) is 4.98 Å². The molecule has 4 heterocycles. The molecule has 8 nitrogen and oxygen atoms in total. The lowest BCUT2D eigenvalue weighted by Crippen LogP contribution is -2.41. The van der Waals surface area contributed by atoms with Crippen molar-refractivity contribution in [2.75, 3.05) is 23.7 Å². The molecule has 0 radical (unpaired) electrons. The van der Waals surface area contributed by atoms with Crippen molar-refractivity contribution in [2.45, 2.75) is 31.5 Å². The summed E-state index contributed by atoms with van der Waals surface area (Å²) >= 11 is 3.52. The first kappa shape index (κ1) is 25.0. The van der Waals surface area contributed by atoms with E-state index in [0.29, 0.717) is 31.0 Å². The number of amides is 2. The third kappa shape index (κ3) is 5.68. The SMILES string of the molecule is O=C(Nc1ccc(C(F)(F)F)cc1)N1CCCC(c2cc(NCc3cccnc3)n3ncc(Br)c3n2)C1. The van der Waals surface area contributed by atoms with Crippen LogP contribution in [0.15, 0.2) is 65.5 Å². The highest BCUT2D eigenvalue weighted by atomic mass is 79.9. The molecule has 2 amide bonds. The minimum Gasteiger partial charge on any atom is -0.366 e. The third-order valence-corrected chi connectivity index (χ3v) is 6.79. The molecule has 0 spiro atoms. The molecule has 1 fully saturated rings. The number of carbonyl (C=O) groups is 1. The Morgan fingerprint density at radius 2 is 1.97 bits per heavy atom. The lowest BCUT2D eigenvalue weighted by Gasteiger charge is -2.32. The molecule has 3 aromatic heterocycles. The van der Waals surface area contributed by atoms with Gasteiger partial charge < -0.3 is 15.5 Å². The number of halogens is 4. The summed E-state index contributed by atoms with van der Waals surface area (Å²) < 4.78 is 41.0. The number of urea groups is 1. The van der Waals surface area contributed by atoms with Gasteiger partial charge in [0.05, 0.1) is 21.9 Å². The summed E-state index contributed by atoms with van der Waals surface area (Å²) in [4.78, 5) is 23.6. The zero-order valence-corrected chi connectivity index (χ0v) is 21.1. The maximum absolute atomic E-state index is 12.9. The molecule has 0 aliphatic carbocycles. The lowest BCUT2D eigenvalue weighted by atomic mass is 9.94. The number of alkyl halides is 3. The number of pyridine rings is 1. The Morgan fingerprint density at radius 3 is 2.70 bits per heavy atom. The number of nitrogens with zero attached hydrogens (tertiary/aromatic N) is 5. The number of hydrogen-bond donors (Lipinski definition) is 2. The van der Waals surface area contributed by atoms with E-state index in [1.807, 2.05) is 18.2 Å². The molecule has 192 valence electrons. The molecule has 4 aromatic rings. The number of likely N-dealkylation sites (tertiary alicyclic amines) is 1. The van der Waals surface area contributed by atoms with Gasteiger partial charge in [-0.25, -0.2) is 9.78 Å². The average molecular weight is 574 g/mol. The summed E-state index contributed by atoms with van der Waals surface area (Å²) in [6, 6.07) is 9.88. The first-order chi connectivity index (χ1) is 17.8. The Balaban J connectivity index is 1.32. The van der Waals surface area contributed by atoms with Crippen molar-refractivity contribution in [2.24, 2.45) is 0 Å². The molecule has 1 saturated heterocycles. The second-order valence-electron chi connectivity index (χ2n) is 8.80. The van der Waals surface area contributed by atoms with Crippen LogP contribution in [0.4, 0.5) is 29.5 Å². The fourth-order valence-corrected chi connectivity index (χ4v) is 4.68. The molecule has 5 rings (SSSR count). The highest BCUT2D eigenvalue weighted by Gasteiger charge is 2.30. The Bertz CT molecular complexity index is 1390.